The van der Waals surface area contributed by atoms with Crippen molar-refractivity contribution in [1.82, 2.24) is 14.8 Å². The number of aromatic carboxylic acids is 1. The molecule has 1 fully saturated rings. The molecule has 1 saturated heterocycles. The second-order valence-electron chi connectivity index (χ2n) is 4.72. The number of fused-ring (bicyclic) bond motifs is 1. The smallest absolute Gasteiger partial charge is 0.339 e. The minimum Gasteiger partial charge on any atom is -0.478 e. The van der Waals surface area contributed by atoms with Crippen LogP contribution in [0.4, 0.5) is 5.69 Å². The number of carbonyl (C=O) groups is 1. The number of pyridine rings is 1. The molecule has 0 aliphatic carbocycles. The number of nitrogens with zero attached hydrogens (tertiary/aromatic N) is 4. The van der Waals surface area contributed by atoms with E-state index in [4.69, 9.17) is 0 Å². The van der Waals surface area contributed by atoms with Crippen LogP contribution in [0.1, 0.15) is 16.8 Å². The van der Waals surface area contributed by atoms with E-state index >= 15 is 0 Å². The molecule has 7 heteroatoms. The number of aliphatic hydroxyl groups excluding tert-OH is 1. The van der Waals surface area contributed by atoms with Crippen LogP contribution in [0.25, 0.3) is 11.0 Å². The van der Waals surface area contributed by atoms with E-state index in [9.17, 15) is 15.0 Å². The van der Waals surface area contributed by atoms with E-state index in [0.29, 0.717) is 36.2 Å². The Bertz CT molecular complexity index is 652. The Labute approximate surface area is 109 Å². The SMILES string of the molecule is Cn1ncc2c(N3CCC(O)C3)c(C(=O)O)cnc21. The molecule has 2 N–H and O–H groups in total. The standard InChI is InChI=1S/C12H14N4O3/c1-15-11-8(5-14-15)10(9(4-13-11)12(18)19)16-3-2-7(17)6-16/h4-5,7,17H,2-3,6H2,1H3,(H,18,19). The third-order valence-electron chi connectivity index (χ3n) is 3.44. The van der Waals surface area contributed by atoms with Gasteiger partial charge in [-0.2, -0.15) is 5.10 Å². The minimum atomic E-state index is -1.02. The van der Waals surface area contributed by atoms with Gasteiger partial charge >= 0.3 is 5.97 Å². The van der Waals surface area contributed by atoms with Crippen LogP contribution in [0.5, 0.6) is 0 Å². The van der Waals surface area contributed by atoms with Crippen molar-refractivity contribution < 1.29 is 15.0 Å². The number of aromatic nitrogens is 3. The van der Waals surface area contributed by atoms with E-state index in [0.717, 1.165) is 0 Å². The highest BCUT2D eigenvalue weighted by Gasteiger charge is 2.27. The van der Waals surface area contributed by atoms with E-state index in [-0.39, 0.29) is 5.56 Å². The van der Waals surface area contributed by atoms with Crippen molar-refractivity contribution in [3.63, 3.8) is 0 Å². The summed E-state index contributed by atoms with van der Waals surface area (Å²) in [5.41, 5.74) is 1.39. The van der Waals surface area contributed by atoms with Crippen molar-refractivity contribution in [2.45, 2.75) is 12.5 Å². The number of rotatable bonds is 2. The molecule has 3 rings (SSSR count). The Balaban J connectivity index is 2.23. The lowest BCUT2D eigenvalue weighted by atomic mass is 10.1. The summed E-state index contributed by atoms with van der Waals surface area (Å²) in [7, 11) is 1.76. The van der Waals surface area contributed by atoms with E-state index in [1.807, 2.05) is 4.90 Å². The molecule has 3 heterocycles. The van der Waals surface area contributed by atoms with Crippen molar-refractivity contribution >= 4 is 22.7 Å². The van der Waals surface area contributed by atoms with Gasteiger partial charge in [-0.1, -0.05) is 0 Å². The third kappa shape index (κ3) is 1.82. The van der Waals surface area contributed by atoms with Crippen molar-refractivity contribution in [1.29, 1.82) is 0 Å². The molecule has 0 spiro atoms. The van der Waals surface area contributed by atoms with Crippen LogP contribution < -0.4 is 4.90 Å². The van der Waals surface area contributed by atoms with E-state index in [1.54, 1.807) is 17.9 Å². The average Bonchev–Trinajstić information content (AvgIpc) is 2.95. The summed E-state index contributed by atoms with van der Waals surface area (Å²) in [6.45, 7) is 1.07. The predicted octanol–water partition coefficient (Wildman–Crippen LogP) is 0.237. The molecule has 1 aliphatic rings. The molecule has 7 nitrogen and oxygen atoms in total. The molecule has 0 bridgehead atoms. The first kappa shape index (κ1) is 11.9. The number of aliphatic hydroxyl groups is 1. The van der Waals surface area contributed by atoms with Crippen LogP contribution in [-0.2, 0) is 7.05 Å². The highest BCUT2D eigenvalue weighted by Crippen LogP contribution is 2.31. The van der Waals surface area contributed by atoms with Crippen LogP contribution in [0.2, 0.25) is 0 Å². The third-order valence-corrected chi connectivity index (χ3v) is 3.44. The lowest BCUT2D eigenvalue weighted by Gasteiger charge is -2.20. The summed E-state index contributed by atoms with van der Waals surface area (Å²) in [5, 5.41) is 23.8. The molecule has 2 aromatic rings. The molecule has 1 aliphatic heterocycles. The molecule has 1 atom stereocenters. The van der Waals surface area contributed by atoms with Crippen LogP contribution in [0.3, 0.4) is 0 Å². The van der Waals surface area contributed by atoms with Gasteiger partial charge in [-0.3, -0.25) is 4.68 Å². The zero-order chi connectivity index (χ0) is 13.6. The number of carboxylic acids is 1. The normalized spacial score (nSPS) is 19.3. The zero-order valence-corrected chi connectivity index (χ0v) is 10.4. The fourth-order valence-corrected chi connectivity index (χ4v) is 2.53. The molecule has 0 radical (unpaired) electrons. The van der Waals surface area contributed by atoms with Gasteiger partial charge in [-0.15, -0.1) is 0 Å². The largest absolute Gasteiger partial charge is 0.478 e. The number of aryl methyl sites for hydroxylation is 1. The van der Waals surface area contributed by atoms with Gasteiger partial charge in [-0.05, 0) is 6.42 Å². The lowest BCUT2D eigenvalue weighted by molar-refractivity contribution is 0.0697. The van der Waals surface area contributed by atoms with Gasteiger partial charge in [0.15, 0.2) is 5.65 Å². The Morgan fingerprint density at radius 3 is 2.89 bits per heavy atom. The van der Waals surface area contributed by atoms with Crippen molar-refractivity contribution in [2.24, 2.45) is 7.05 Å². The summed E-state index contributed by atoms with van der Waals surface area (Å²) in [6.07, 6.45) is 3.20. The van der Waals surface area contributed by atoms with Gasteiger partial charge < -0.3 is 15.1 Å². The summed E-state index contributed by atoms with van der Waals surface area (Å²) in [6, 6.07) is 0. The monoisotopic (exact) mass is 262 g/mol. The summed E-state index contributed by atoms with van der Waals surface area (Å²) < 4.78 is 1.61. The molecule has 1 unspecified atom stereocenters. The Morgan fingerprint density at radius 2 is 2.26 bits per heavy atom. The van der Waals surface area contributed by atoms with Gasteiger partial charge in [0.1, 0.15) is 5.56 Å². The van der Waals surface area contributed by atoms with Crippen LogP contribution in [0, 0.1) is 0 Å². The average molecular weight is 262 g/mol. The Kier molecular flexibility index (Phi) is 2.63. The summed E-state index contributed by atoms with van der Waals surface area (Å²) in [5.74, 6) is -1.02. The number of anilines is 1. The molecular weight excluding hydrogens is 248 g/mol. The van der Waals surface area contributed by atoms with Gasteiger partial charge in [0.05, 0.1) is 23.4 Å². The first-order valence-corrected chi connectivity index (χ1v) is 6.05. The molecule has 100 valence electrons. The Morgan fingerprint density at radius 1 is 1.47 bits per heavy atom. The van der Waals surface area contributed by atoms with Gasteiger partial charge in [0, 0.05) is 26.3 Å². The van der Waals surface area contributed by atoms with Crippen LogP contribution in [-0.4, -0.2) is 50.1 Å². The molecule has 0 aromatic carbocycles. The summed E-state index contributed by atoms with van der Waals surface area (Å²) >= 11 is 0. The second kappa shape index (κ2) is 4.20. The Hall–Kier alpha value is -2.15. The second-order valence-corrected chi connectivity index (χ2v) is 4.72. The van der Waals surface area contributed by atoms with Crippen LogP contribution >= 0.6 is 0 Å². The van der Waals surface area contributed by atoms with Gasteiger partial charge in [0.25, 0.3) is 0 Å². The van der Waals surface area contributed by atoms with Gasteiger partial charge in [0.2, 0.25) is 0 Å². The van der Waals surface area contributed by atoms with Gasteiger partial charge in [-0.25, -0.2) is 9.78 Å². The minimum absolute atomic E-state index is 0.148. The van der Waals surface area contributed by atoms with E-state index in [1.165, 1.54) is 6.20 Å². The fourth-order valence-electron chi connectivity index (χ4n) is 2.53. The van der Waals surface area contributed by atoms with E-state index in [2.05, 4.69) is 10.1 Å². The maximum atomic E-state index is 11.4. The number of hydrogen-bond acceptors (Lipinski definition) is 5. The zero-order valence-electron chi connectivity index (χ0n) is 10.4. The first-order valence-electron chi connectivity index (χ1n) is 6.05. The summed E-state index contributed by atoms with van der Waals surface area (Å²) in [4.78, 5) is 17.4. The molecular formula is C12H14N4O3. The van der Waals surface area contributed by atoms with Crippen LogP contribution in [0.15, 0.2) is 12.4 Å². The first-order chi connectivity index (χ1) is 9.08. The molecule has 0 saturated carbocycles. The molecule has 0 amide bonds. The predicted molar refractivity (Wildman–Crippen MR) is 68.3 cm³/mol. The highest BCUT2D eigenvalue weighted by atomic mass is 16.4. The molecule has 19 heavy (non-hydrogen) atoms. The number of hydrogen-bond donors (Lipinski definition) is 2. The lowest BCUT2D eigenvalue weighted by Crippen LogP contribution is -2.24. The van der Waals surface area contributed by atoms with Crippen molar-refractivity contribution in [2.75, 3.05) is 18.0 Å². The molecule has 2 aromatic heterocycles. The quantitative estimate of drug-likeness (QED) is 0.805. The van der Waals surface area contributed by atoms with E-state index < -0.39 is 12.1 Å². The highest BCUT2D eigenvalue weighted by molar-refractivity contribution is 6.03. The van der Waals surface area contributed by atoms with Crippen molar-refractivity contribution in [3.05, 3.63) is 18.0 Å². The fraction of sp³-hybridized carbons (Fsp3) is 0.417. The number of β-amino-alcohol motifs (C(OH)–C–C–N with tert-alkyl or cyclic N) is 1. The number of carboxylic acid groups (broad SMARTS) is 1. The maximum Gasteiger partial charge on any atom is 0.339 e. The maximum absolute atomic E-state index is 11.4. The topological polar surface area (TPSA) is 91.5 Å². The van der Waals surface area contributed by atoms with Crippen molar-refractivity contribution in [3.8, 4) is 0 Å².